The Morgan fingerprint density at radius 2 is 1.96 bits per heavy atom. The second-order valence-electron chi connectivity index (χ2n) is 5.74. The molecule has 0 saturated heterocycles. The summed E-state index contributed by atoms with van der Waals surface area (Å²) in [5.41, 5.74) is 5.64. The monoisotopic (exact) mass is 303 g/mol. The highest BCUT2D eigenvalue weighted by Crippen LogP contribution is 2.33. The van der Waals surface area contributed by atoms with Crippen LogP contribution in [0.5, 0.6) is 0 Å². The van der Waals surface area contributed by atoms with Crippen molar-refractivity contribution in [3.05, 3.63) is 71.7 Å². The number of anilines is 1. The summed E-state index contributed by atoms with van der Waals surface area (Å²) in [4.78, 5) is 20.5. The summed E-state index contributed by atoms with van der Waals surface area (Å²) in [6.45, 7) is 0. The van der Waals surface area contributed by atoms with Crippen molar-refractivity contribution >= 4 is 11.6 Å². The fourth-order valence-corrected chi connectivity index (χ4v) is 3.15. The van der Waals surface area contributed by atoms with Crippen LogP contribution in [0.15, 0.2) is 54.9 Å². The molecule has 0 spiro atoms. The van der Waals surface area contributed by atoms with E-state index in [-0.39, 0.29) is 5.91 Å². The summed E-state index contributed by atoms with van der Waals surface area (Å²) < 4.78 is 0. The molecule has 4 rings (SSSR count). The number of nitrogens with one attached hydrogen (secondary N) is 2. The van der Waals surface area contributed by atoms with Crippen molar-refractivity contribution in [3.8, 4) is 11.3 Å². The summed E-state index contributed by atoms with van der Waals surface area (Å²) in [5.74, 6) is -0.104. The number of nitrogens with zero attached hydrogens (tertiary/aromatic N) is 1. The molecule has 23 heavy (non-hydrogen) atoms. The van der Waals surface area contributed by atoms with Crippen LogP contribution >= 0.6 is 0 Å². The van der Waals surface area contributed by atoms with Crippen molar-refractivity contribution in [1.82, 2.24) is 9.97 Å². The Morgan fingerprint density at radius 1 is 1.09 bits per heavy atom. The summed E-state index contributed by atoms with van der Waals surface area (Å²) in [7, 11) is 0. The SMILES string of the molecule is O=C(Nc1ccccc1)c1c[nH]c2c1-c1ncccc1CCC2. The summed E-state index contributed by atoms with van der Waals surface area (Å²) >= 11 is 0. The molecule has 0 bridgehead atoms. The zero-order valence-electron chi connectivity index (χ0n) is 12.7. The van der Waals surface area contributed by atoms with Gasteiger partial charge in [-0.1, -0.05) is 24.3 Å². The molecule has 0 saturated carbocycles. The Labute approximate surface area is 134 Å². The number of fused-ring (bicyclic) bond motifs is 3. The van der Waals surface area contributed by atoms with E-state index in [0.29, 0.717) is 5.56 Å². The van der Waals surface area contributed by atoms with Gasteiger partial charge in [0.15, 0.2) is 0 Å². The number of aromatic amines is 1. The summed E-state index contributed by atoms with van der Waals surface area (Å²) in [6.07, 6.45) is 6.58. The maximum absolute atomic E-state index is 12.7. The topological polar surface area (TPSA) is 57.8 Å². The number of hydrogen-bond donors (Lipinski definition) is 2. The molecule has 1 aliphatic rings. The lowest BCUT2D eigenvalue weighted by atomic mass is 10.0. The number of benzene rings is 1. The van der Waals surface area contributed by atoms with E-state index in [1.807, 2.05) is 36.4 Å². The standard InChI is InChI=1S/C19H17N3O/c23-19(22-14-8-2-1-3-9-14)15-12-21-16-10-4-6-13-7-5-11-20-18(13)17(15)16/h1-3,5,7-9,11-12,21H,4,6,10H2,(H,22,23). The number of H-pyrrole nitrogens is 1. The van der Waals surface area contributed by atoms with Gasteiger partial charge in [-0.2, -0.15) is 0 Å². The largest absolute Gasteiger partial charge is 0.364 e. The Balaban J connectivity index is 1.76. The maximum atomic E-state index is 12.7. The maximum Gasteiger partial charge on any atom is 0.257 e. The molecular weight excluding hydrogens is 286 g/mol. The van der Waals surface area contributed by atoms with Gasteiger partial charge in [0.1, 0.15) is 0 Å². The van der Waals surface area contributed by atoms with Gasteiger partial charge in [-0.25, -0.2) is 0 Å². The molecule has 2 N–H and O–H groups in total. The van der Waals surface area contributed by atoms with E-state index in [2.05, 4.69) is 21.4 Å². The molecule has 114 valence electrons. The molecule has 0 aliphatic heterocycles. The first kappa shape index (κ1) is 13.8. The molecule has 2 aromatic heterocycles. The van der Waals surface area contributed by atoms with Gasteiger partial charge in [0.05, 0.1) is 11.3 Å². The van der Waals surface area contributed by atoms with Crippen LogP contribution in [0.25, 0.3) is 11.3 Å². The molecule has 1 amide bonds. The van der Waals surface area contributed by atoms with Crippen LogP contribution in [0.3, 0.4) is 0 Å². The Hall–Kier alpha value is -2.88. The van der Waals surface area contributed by atoms with E-state index in [4.69, 9.17) is 0 Å². The number of carbonyl (C=O) groups excluding carboxylic acids is 1. The molecule has 1 aromatic carbocycles. The number of pyridine rings is 1. The van der Waals surface area contributed by atoms with E-state index in [1.54, 1.807) is 12.4 Å². The van der Waals surface area contributed by atoms with Crippen LogP contribution in [0.4, 0.5) is 5.69 Å². The molecule has 4 heteroatoms. The van der Waals surface area contributed by atoms with Gasteiger partial charge in [0.25, 0.3) is 5.91 Å². The first-order chi connectivity index (χ1) is 11.3. The number of rotatable bonds is 2. The number of amides is 1. The van der Waals surface area contributed by atoms with Crippen molar-refractivity contribution in [2.45, 2.75) is 19.3 Å². The average Bonchev–Trinajstić information content (AvgIpc) is 2.92. The van der Waals surface area contributed by atoms with Crippen molar-refractivity contribution < 1.29 is 4.79 Å². The molecular formula is C19H17N3O. The molecule has 0 unspecified atom stereocenters. The fourth-order valence-electron chi connectivity index (χ4n) is 3.15. The van der Waals surface area contributed by atoms with Crippen LogP contribution in [0, 0.1) is 0 Å². The van der Waals surface area contributed by atoms with Gasteiger partial charge in [-0.3, -0.25) is 9.78 Å². The van der Waals surface area contributed by atoms with Gasteiger partial charge in [-0.15, -0.1) is 0 Å². The van der Waals surface area contributed by atoms with Crippen LogP contribution in [-0.2, 0) is 12.8 Å². The average molecular weight is 303 g/mol. The summed E-state index contributed by atoms with van der Waals surface area (Å²) in [5, 5.41) is 2.96. The van der Waals surface area contributed by atoms with E-state index in [9.17, 15) is 4.79 Å². The highest BCUT2D eigenvalue weighted by Gasteiger charge is 2.23. The molecule has 0 radical (unpaired) electrons. The van der Waals surface area contributed by atoms with Crippen molar-refractivity contribution in [3.63, 3.8) is 0 Å². The fraction of sp³-hybridized carbons (Fsp3) is 0.158. The van der Waals surface area contributed by atoms with Gasteiger partial charge >= 0.3 is 0 Å². The third-order valence-corrected chi connectivity index (χ3v) is 4.24. The summed E-state index contributed by atoms with van der Waals surface area (Å²) in [6, 6.07) is 13.6. The second-order valence-corrected chi connectivity index (χ2v) is 5.74. The molecule has 3 aromatic rings. The molecule has 0 atom stereocenters. The van der Waals surface area contributed by atoms with Crippen molar-refractivity contribution in [2.75, 3.05) is 5.32 Å². The number of hydrogen-bond acceptors (Lipinski definition) is 2. The van der Waals surface area contributed by atoms with Gasteiger partial charge < -0.3 is 10.3 Å². The van der Waals surface area contributed by atoms with Crippen molar-refractivity contribution in [1.29, 1.82) is 0 Å². The van der Waals surface area contributed by atoms with Crippen LogP contribution in [0.2, 0.25) is 0 Å². The predicted octanol–water partition coefficient (Wildman–Crippen LogP) is 3.82. The number of aromatic nitrogens is 2. The van der Waals surface area contributed by atoms with Gasteiger partial charge in [-0.05, 0) is 43.0 Å². The first-order valence-electron chi connectivity index (χ1n) is 7.84. The molecule has 4 nitrogen and oxygen atoms in total. The number of carbonyl (C=O) groups is 1. The normalized spacial score (nSPS) is 12.9. The third kappa shape index (κ3) is 2.52. The molecule has 1 aliphatic carbocycles. The van der Waals surface area contributed by atoms with Gasteiger partial charge in [0, 0.05) is 29.3 Å². The highest BCUT2D eigenvalue weighted by atomic mass is 16.1. The minimum Gasteiger partial charge on any atom is -0.364 e. The van der Waals surface area contributed by atoms with Crippen LogP contribution < -0.4 is 5.32 Å². The Morgan fingerprint density at radius 3 is 2.83 bits per heavy atom. The highest BCUT2D eigenvalue weighted by molar-refractivity contribution is 6.09. The minimum atomic E-state index is -0.104. The number of aryl methyl sites for hydroxylation is 2. The van der Waals surface area contributed by atoms with E-state index < -0.39 is 0 Å². The van der Waals surface area contributed by atoms with Crippen LogP contribution in [-0.4, -0.2) is 15.9 Å². The van der Waals surface area contributed by atoms with Crippen molar-refractivity contribution in [2.24, 2.45) is 0 Å². The minimum absolute atomic E-state index is 0.104. The van der Waals surface area contributed by atoms with E-state index in [0.717, 1.165) is 41.9 Å². The molecule has 0 fully saturated rings. The predicted molar refractivity (Wildman–Crippen MR) is 90.4 cm³/mol. The quantitative estimate of drug-likeness (QED) is 0.756. The van der Waals surface area contributed by atoms with Crippen LogP contribution in [0.1, 0.15) is 28.0 Å². The second kappa shape index (κ2) is 5.72. The number of para-hydroxylation sites is 1. The Bertz CT molecular complexity index is 852. The third-order valence-electron chi connectivity index (χ3n) is 4.24. The lowest BCUT2D eigenvalue weighted by molar-refractivity contribution is 0.102. The smallest absolute Gasteiger partial charge is 0.257 e. The first-order valence-corrected chi connectivity index (χ1v) is 7.84. The van der Waals surface area contributed by atoms with Gasteiger partial charge in [0.2, 0.25) is 0 Å². The zero-order chi connectivity index (χ0) is 15.6. The lowest BCUT2D eigenvalue weighted by Gasteiger charge is -2.09. The lowest BCUT2D eigenvalue weighted by Crippen LogP contribution is -2.12. The van der Waals surface area contributed by atoms with E-state index >= 15 is 0 Å². The molecule has 2 heterocycles. The van der Waals surface area contributed by atoms with E-state index in [1.165, 1.54) is 5.56 Å². The Kier molecular flexibility index (Phi) is 3.42. The zero-order valence-corrected chi connectivity index (χ0v) is 12.7.